The van der Waals surface area contributed by atoms with Gasteiger partial charge >= 0.3 is 0 Å². The standard InChI is InChI=1S/C14H10Br3FN2O/c15-9-4-11(16)13(12(17)5-9)21-6-7-1-8(14(19)20)3-10(18)2-7/h1-5H,6H2,(H3,19,20). The predicted octanol–water partition coefficient (Wildman–Crippen LogP) is 4.98. The molecule has 0 radical (unpaired) electrons. The summed E-state index contributed by atoms with van der Waals surface area (Å²) >= 11 is 10.2. The fourth-order valence-corrected chi connectivity index (χ4v) is 4.20. The van der Waals surface area contributed by atoms with Gasteiger partial charge in [-0.1, -0.05) is 15.9 Å². The Morgan fingerprint density at radius 2 is 1.71 bits per heavy atom. The van der Waals surface area contributed by atoms with Gasteiger partial charge in [0.2, 0.25) is 0 Å². The molecule has 0 unspecified atom stereocenters. The monoisotopic (exact) mass is 478 g/mol. The van der Waals surface area contributed by atoms with Crippen molar-refractivity contribution in [2.75, 3.05) is 0 Å². The lowest BCUT2D eigenvalue weighted by Gasteiger charge is -2.12. The van der Waals surface area contributed by atoms with Gasteiger partial charge in [-0.3, -0.25) is 5.41 Å². The number of nitrogens with one attached hydrogen (secondary N) is 1. The minimum Gasteiger partial charge on any atom is -0.487 e. The lowest BCUT2D eigenvalue weighted by molar-refractivity contribution is 0.301. The molecule has 0 bridgehead atoms. The molecule has 0 saturated carbocycles. The van der Waals surface area contributed by atoms with Crippen LogP contribution in [0.15, 0.2) is 43.7 Å². The van der Waals surface area contributed by atoms with Gasteiger partial charge in [0.15, 0.2) is 0 Å². The number of nitrogens with two attached hydrogens (primary N) is 1. The van der Waals surface area contributed by atoms with E-state index >= 15 is 0 Å². The number of halogens is 4. The van der Waals surface area contributed by atoms with Gasteiger partial charge in [0.25, 0.3) is 0 Å². The van der Waals surface area contributed by atoms with E-state index in [0.29, 0.717) is 16.9 Å². The molecular formula is C14H10Br3FN2O. The molecule has 0 saturated heterocycles. The van der Waals surface area contributed by atoms with Crippen molar-refractivity contribution in [3.8, 4) is 5.75 Å². The normalized spacial score (nSPS) is 10.5. The maximum atomic E-state index is 13.5. The second-order valence-electron chi connectivity index (χ2n) is 4.25. The first kappa shape index (κ1) is 16.5. The summed E-state index contributed by atoms with van der Waals surface area (Å²) in [6.45, 7) is 0.164. The van der Waals surface area contributed by atoms with Crippen LogP contribution in [0.3, 0.4) is 0 Å². The zero-order chi connectivity index (χ0) is 15.6. The first-order valence-electron chi connectivity index (χ1n) is 5.78. The number of amidine groups is 1. The van der Waals surface area contributed by atoms with Crippen molar-refractivity contribution >= 4 is 53.6 Å². The third-order valence-electron chi connectivity index (χ3n) is 2.61. The van der Waals surface area contributed by atoms with Gasteiger partial charge in [-0.2, -0.15) is 0 Å². The summed E-state index contributed by atoms with van der Waals surface area (Å²) in [5.74, 6) is -0.0103. The van der Waals surface area contributed by atoms with E-state index in [0.717, 1.165) is 13.4 Å². The molecule has 3 N–H and O–H groups in total. The number of rotatable bonds is 4. The molecule has 0 spiro atoms. The van der Waals surface area contributed by atoms with Crippen molar-refractivity contribution in [1.29, 1.82) is 5.41 Å². The molecule has 0 fully saturated rings. The first-order chi connectivity index (χ1) is 9.86. The van der Waals surface area contributed by atoms with Crippen LogP contribution in [0.25, 0.3) is 0 Å². The molecule has 7 heteroatoms. The highest BCUT2D eigenvalue weighted by Crippen LogP contribution is 2.36. The molecule has 0 aliphatic heterocycles. The van der Waals surface area contributed by atoms with Gasteiger partial charge in [0.1, 0.15) is 24.0 Å². The Labute approximate surface area is 146 Å². The van der Waals surface area contributed by atoms with E-state index in [2.05, 4.69) is 47.8 Å². The van der Waals surface area contributed by atoms with Gasteiger partial charge in [-0.05, 0) is 67.8 Å². The number of hydrogen-bond donors (Lipinski definition) is 2. The second kappa shape index (κ2) is 6.89. The third-order valence-corrected chi connectivity index (χ3v) is 4.25. The number of benzene rings is 2. The maximum absolute atomic E-state index is 13.5. The number of hydrogen-bond acceptors (Lipinski definition) is 2. The highest BCUT2D eigenvalue weighted by Gasteiger charge is 2.10. The molecule has 0 aliphatic rings. The second-order valence-corrected chi connectivity index (χ2v) is 6.87. The summed E-state index contributed by atoms with van der Waals surface area (Å²) in [6.07, 6.45) is 0. The topological polar surface area (TPSA) is 59.1 Å². The van der Waals surface area contributed by atoms with Crippen LogP contribution < -0.4 is 10.5 Å². The summed E-state index contributed by atoms with van der Waals surface area (Å²) in [7, 11) is 0. The van der Waals surface area contributed by atoms with Gasteiger partial charge in [0, 0.05) is 10.0 Å². The van der Waals surface area contributed by atoms with Crippen LogP contribution in [0.2, 0.25) is 0 Å². The lowest BCUT2D eigenvalue weighted by atomic mass is 10.1. The van der Waals surface area contributed by atoms with E-state index in [1.165, 1.54) is 12.1 Å². The molecule has 2 aromatic rings. The van der Waals surface area contributed by atoms with Crippen LogP contribution in [0.5, 0.6) is 5.75 Å². The Morgan fingerprint density at radius 3 is 2.29 bits per heavy atom. The number of nitrogen functional groups attached to an aromatic ring is 1. The van der Waals surface area contributed by atoms with Gasteiger partial charge in [0.05, 0.1) is 8.95 Å². The van der Waals surface area contributed by atoms with Crippen molar-refractivity contribution in [1.82, 2.24) is 0 Å². The molecular weight excluding hydrogens is 471 g/mol. The Morgan fingerprint density at radius 1 is 1.10 bits per heavy atom. The molecule has 0 heterocycles. The van der Waals surface area contributed by atoms with E-state index in [9.17, 15) is 4.39 Å². The molecule has 2 aromatic carbocycles. The van der Waals surface area contributed by atoms with E-state index in [1.807, 2.05) is 12.1 Å². The van der Waals surface area contributed by atoms with Crippen LogP contribution in [0.4, 0.5) is 4.39 Å². The zero-order valence-electron chi connectivity index (χ0n) is 10.6. The molecule has 0 atom stereocenters. The molecule has 0 aromatic heterocycles. The maximum Gasteiger partial charge on any atom is 0.148 e. The average molecular weight is 481 g/mol. The van der Waals surface area contributed by atoms with Crippen LogP contribution in [-0.4, -0.2) is 5.84 Å². The van der Waals surface area contributed by atoms with Crippen LogP contribution in [-0.2, 0) is 6.61 Å². The summed E-state index contributed by atoms with van der Waals surface area (Å²) in [4.78, 5) is 0. The number of ether oxygens (including phenoxy) is 1. The largest absolute Gasteiger partial charge is 0.487 e. The van der Waals surface area contributed by atoms with E-state index < -0.39 is 5.82 Å². The van der Waals surface area contributed by atoms with Crippen molar-refractivity contribution in [2.24, 2.45) is 5.73 Å². The van der Waals surface area contributed by atoms with E-state index in [4.69, 9.17) is 15.9 Å². The Balaban J connectivity index is 2.23. The molecule has 2 rings (SSSR count). The lowest BCUT2D eigenvalue weighted by Crippen LogP contribution is -2.12. The van der Waals surface area contributed by atoms with Crippen molar-refractivity contribution in [3.05, 3.63) is 60.7 Å². The quantitative estimate of drug-likeness (QED) is 0.479. The Kier molecular flexibility index (Phi) is 5.40. The Hall–Kier alpha value is -0.920. The van der Waals surface area contributed by atoms with Gasteiger partial charge in [-0.25, -0.2) is 4.39 Å². The van der Waals surface area contributed by atoms with Crippen molar-refractivity contribution in [3.63, 3.8) is 0 Å². The van der Waals surface area contributed by atoms with Crippen molar-refractivity contribution in [2.45, 2.75) is 6.61 Å². The predicted molar refractivity (Wildman–Crippen MR) is 91.3 cm³/mol. The molecule has 110 valence electrons. The van der Waals surface area contributed by atoms with Crippen LogP contribution in [0, 0.1) is 11.2 Å². The summed E-state index contributed by atoms with van der Waals surface area (Å²) in [5, 5.41) is 7.37. The minimum absolute atomic E-state index is 0.164. The van der Waals surface area contributed by atoms with Crippen molar-refractivity contribution < 1.29 is 9.13 Å². The van der Waals surface area contributed by atoms with E-state index in [-0.39, 0.29) is 12.4 Å². The smallest absolute Gasteiger partial charge is 0.148 e. The zero-order valence-corrected chi connectivity index (χ0v) is 15.3. The Bertz CT molecular complexity index is 684. The molecule has 3 nitrogen and oxygen atoms in total. The van der Waals surface area contributed by atoms with Crippen LogP contribution >= 0.6 is 47.8 Å². The minimum atomic E-state index is -0.449. The molecule has 0 amide bonds. The molecule has 0 aliphatic carbocycles. The summed E-state index contributed by atoms with van der Waals surface area (Å²) in [5.41, 5.74) is 6.31. The van der Waals surface area contributed by atoms with E-state index in [1.54, 1.807) is 6.07 Å². The highest BCUT2D eigenvalue weighted by atomic mass is 79.9. The fourth-order valence-electron chi connectivity index (χ4n) is 1.71. The average Bonchev–Trinajstić information content (AvgIpc) is 2.36. The van der Waals surface area contributed by atoms with Gasteiger partial charge < -0.3 is 10.5 Å². The first-order valence-corrected chi connectivity index (χ1v) is 8.16. The highest BCUT2D eigenvalue weighted by molar-refractivity contribution is 9.11. The molecule has 21 heavy (non-hydrogen) atoms. The fraction of sp³-hybridized carbons (Fsp3) is 0.0714. The van der Waals surface area contributed by atoms with Gasteiger partial charge in [-0.15, -0.1) is 0 Å². The SMILES string of the molecule is N=C(N)c1cc(F)cc(COc2c(Br)cc(Br)cc2Br)c1. The summed E-state index contributed by atoms with van der Waals surface area (Å²) in [6, 6.07) is 7.91. The summed E-state index contributed by atoms with van der Waals surface area (Å²) < 4.78 is 21.6. The third kappa shape index (κ3) is 4.28. The van der Waals surface area contributed by atoms with Crippen LogP contribution in [0.1, 0.15) is 11.1 Å².